The third-order valence-electron chi connectivity index (χ3n) is 14.6. The molecule has 0 radical (unpaired) electrons. The van der Waals surface area contributed by atoms with Crippen molar-refractivity contribution in [2.24, 2.45) is 0 Å². The lowest BCUT2D eigenvalue weighted by Gasteiger charge is -2.28. The van der Waals surface area contributed by atoms with E-state index in [0.29, 0.717) is 174 Å². The minimum absolute atomic E-state index is 0.00991. The van der Waals surface area contributed by atoms with Crippen molar-refractivity contribution in [2.75, 3.05) is 165 Å². The number of quaternary nitrogens is 1. The third kappa shape index (κ3) is 49.5. The SMILES string of the molecule is CCCCCCCCCCCCCCCC(=O)OC(CC(=O)NCCOCCOCCOCCOCCOCCOCCOCCOCCNC(=O)CCCCCNC(=O)CCCCCNC(=O)CCCC[C@@H]1SC[C@@H]2NC(=O)N[C@@H]21)C[N+](C)(C)C. The number of carbonyl (C=O) groups is 6. The first kappa shape index (κ1) is 78.7. The number of unbranched alkanes of at least 4 members (excludes halogenated alkanes) is 17. The number of amides is 6. The number of nitrogens with one attached hydrogen (secondary N) is 6. The molecule has 6 N–H and O–H groups in total. The van der Waals surface area contributed by atoms with E-state index in [1.807, 2.05) is 32.9 Å². The largest absolute Gasteiger partial charge is 0.456 e. The highest BCUT2D eigenvalue weighted by Gasteiger charge is 2.42. The summed E-state index contributed by atoms with van der Waals surface area (Å²) in [5, 5.41) is 18.1. The van der Waals surface area contributed by atoms with Gasteiger partial charge in [-0.2, -0.15) is 11.8 Å². The lowest BCUT2D eigenvalue weighted by molar-refractivity contribution is -0.873. The number of thioether (sulfide) groups is 1. The standard InChI is InChI=1S/C63H119N7O15S/c1-5-6-7-8-9-10-11-12-13-14-15-16-21-30-61(75)85-54(52-70(2,3)4)51-60(74)67-34-36-78-38-40-80-42-44-82-46-48-84-50-49-83-47-45-81-43-41-79-39-37-77-35-33-66-59(73)28-20-18-25-31-64-57(71)27-19-17-24-32-65-58(72)29-23-22-26-56-62-55(53-86-56)68-63(76)69-62/h54-56,62H,5-53H2,1-4H3,(H5-,64,65,66,67,68,69,71,72,73,74,76)/p+1/t54?,55-,56-,62-/m0/s1. The van der Waals surface area contributed by atoms with Crippen molar-refractivity contribution in [3.05, 3.63) is 0 Å². The average Bonchev–Trinajstić information content (AvgIpc) is 2.33. The van der Waals surface area contributed by atoms with Crippen LogP contribution in [0.1, 0.15) is 180 Å². The minimum atomic E-state index is -0.477. The second-order valence-electron chi connectivity index (χ2n) is 23.6. The monoisotopic (exact) mass is 1250 g/mol. The summed E-state index contributed by atoms with van der Waals surface area (Å²) in [6, 6.07) is 0.378. The number of likely N-dealkylation sites (N-methyl/N-ethyl adjacent to an activating group) is 1. The van der Waals surface area contributed by atoms with E-state index < -0.39 is 6.10 Å². The van der Waals surface area contributed by atoms with Crippen LogP contribution in [0.4, 0.5) is 4.79 Å². The zero-order chi connectivity index (χ0) is 62.2. The number of nitrogens with zero attached hydrogens (tertiary/aromatic N) is 1. The molecule has 0 aromatic rings. The maximum absolute atomic E-state index is 12.7. The Bertz CT molecular complexity index is 1710. The van der Waals surface area contributed by atoms with Gasteiger partial charge in [0.05, 0.1) is 145 Å². The molecule has 0 aromatic carbocycles. The first-order valence-electron chi connectivity index (χ1n) is 33.2. The highest BCUT2D eigenvalue weighted by Crippen LogP contribution is 2.33. The van der Waals surface area contributed by atoms with E-state index in [2.05, 4.69) is 38.8 Å². The Hall–Kier alpha value is -3.39. The van der Waals surface area contributed by atoms with Gasteiger partial charge in [-0.05, 0) is 44.9 Å². The van der Waals surface area contributed by atoms with Gasteiger partial charge in [0.25, 0.3) is 0 Å². The van der Waals surface area contributed by atoms with Crippen molar-refractivity contribution in [3.63, 3.8) is 0 Å². The van der Waals surface area contributed by atoms with Crippen LogP contribution in [0.3, 0.4) is 0 Å². The summed E-state index contributed by atoms with van der Waals surface area (Å²) >= 11 is 1.90. The van der Waals surface area contributed by atoms with E-state index in [-0.39, 0.29) is 54.1 Å². The second-order valence-corrected chi connectivity index (χ2v) is 24.8. The number of urea groups is 1. The molecular formula is C63H120N7O15S+. The lowest BCUT2D eigenvalue weighted by atomic mass is 10.0. The first-order chi connectivity index (χ1) is 41.9. The molecule has 2 rings (SSSR count). The van der Waals surface area contributed by atoms with Gasteiger partial charge in [0, 0.05) is 62.9 Å². The van der Waals surface area contributed by atoms with Crippen LogP contribution in [-0.4, -0.2) is 229 Å². The summed E-state index contributed by atoms with van der Waals surface area (Å²) in [6.45, 7) is 11.8. The molecule has 1 unspecified atom stereocenters. The number of fused-ring (bicyclic) bond motifs is 1. The lowest BCUT2D eigenvalue weighted by Crippen LogP contribution is -2.45. The molecule has 2 heterocycles. The maximum atomic E-state index is 12.7. The molecule has 86 heavy (non-hydrogen) atoms. The Morgan fingerprint density at radius 3 is 1.24 bits per heavy atom. The predicted molar refractivity (Wildman–Crippen MR) is 337 cm³/mol. The maximum Gasteiger partial charge on any atom is 0.315 e. The van der Waals surface area contributed by atoms with Crippen LogP contribution < -0.4 is 31.9 Å². The number of rotatable bonds is 63. The van der Waals surface area contributed by atoms with E-state index >= 15 is 0 Å². The van der Waals surface area contributed by atoms with Gasteiger partial charge >= 0.3 is 12.0 Å². The number of hydrogen-bond acceptors (Lipinski definition) is 16. The number of hydrogen-bond donors (Lipinski definition) is 6. The van der Waals surface area contributed by atoms with Crippen molar-refractivity contribution in [3.8, 4) is 0 Å². The summed E-state index contributed by atoms with van der Waals surface area (Å²) in [6.07, 6.45) is 25.6. The quantitative estimate of drug-likeness (QED) is 0.0156. The smallest absolute Gasteiger partial charge is 0.315 e. The van der Waals surface area contributed by atoms with Gasteiger partial charge in [-0.1, -0.05) is 103 Å². The summed E-state index contributed by atoms with van der Waals surface area (Å²) in [5.74, 6) is 0.672. The molecule has 0 spiro atoms. The van der Waals surface area contributed by atoms with Crippen molar-refractivity contribution >= 4 is 47.4 Å². The Morgan fingerprint density at radius 2 is 0.814 bits per heavy atom. The van der Waals surface area contributed by atoms with Crippen molar-refractivity contribution < 1.29 is 75.9 Å². The molecule has 2 fully saturated rings. The average molecular weight is 1250 g/mol. The fourth-order valence-corrected chi connectivity index (χ4v) is 11.4. The molecule has 6 amide bonds. The van der Waals surface area contributed by atoms with Gasteiger partial charge in [0.1, 0.15) is 6.54 Å². The molecule has 0 aromatic heterocycles. The molecule has 0 saturated carbocycles. The van der Waals surface area contributed by atoms with Crippen LogP contribution in [-0.2, 0) is 66.6 Å². The van der Waals surface area contributed by atoms with E-state index in [0.717, 1.165) is 82.8 Å². The highest BCUT2D eigenvalue weighted by molar-refractivity contribution is 8.00. The van der Waals surface area contributed by atoms with Crippen LogP contribution in [0.2, 0.25) is 0 Å². The third-order valence-corrected chi connectivity index (χ3v) is 16.1. The Labute approximate surface area is 522 Å². The molecule has 502 valence electrons. The molecule has 4 atom stereocenters. The van der Waals surface area contributed by atoms with Gasteiger partial charge in [-0.25, -0.2) is 4.79 Å². The first-order valence-corrected chi connectivity index (χ1v) is 34.3. The van der Waals surface area contributed by atoms with Gasteiger partial charge in [-0.3, -0.25) is 24.0 Å². The summed E-state index contributed by atoms with van der Waals surface area (Å²) in [4.78, 5) is 73.4. The van der Waals surface area contributed by atoms with E-state index in [1.165, 1.54) is 64.2 Å². The summed E-state index contributed by atoms with van der Waals surface area (Å²) < 4.78 is 50.8. The Balaban J connectivity index is 1.22. The zero-order valence-electron chi connectivity index (χ0n) is 53.9. The zero-order valence-corrected chi connectivity index (χ0v) is 54.8. The van der Waals surface area contributed by atoms with Crippen LogP contribution in [0.25, 0.3) is 0 Å². The molecule has 2 aliphatic heterocycles. The van der Waals surface area contributed by atoms with Crippen LogP contribution in [0.5, 0.6) is 0 Å². The van der Waals surface area contributed by atoms with Crippen molar-refractivity contribution in [1.29, 1.82) is 0 Å². The van der Waals surface area contributed by atoms with E-state index in [9.17, 15) is 28.8 Å². The number of esters is 1. The Morgan fingerprint density at radius 1 is 0.453 bits per heavy atom. The number of carbonyl (C=O) groups excluding carboxylic acids is 6. The fraction of sp³-hybridized carbons (Fsp3) is 0.905. The second kappa shape index (κ2) is 55.7. The molecule has 0 aliphatic carbocycles. The van der Waals surface area contributed by atoms with Crippen molar-refractivity contribution in [2.45, 2.75) is 204 Å². The molecule has 2 aliphatic rings. The molecular weight excluding hydrogens is 1130 g/mol. The van der Waals surface area contributed by atoms with Crippen LogP contribution in [0, 0.1) is 0 Å². The predicted octanol–water partition coefficient (Wildman–Crippen LogP) is 6.92. The molecule has 2 saturated heterocycles. The van der Waals surface area contributed by atoms with E-state index in [1.54, 1.807) is 0 Å². The summed E-state index contributed by atoms with van der Waals surface area (Å²) in [7, 11) is 6.08. The summed E-state index contributed by atoms with van der Waals surface area (Å²) in [5.41, 5.74) is 0. The Kier molecular flexibility index (Phi) is 50.9. The van der Waals surface area contributed by atoms with Gasteiger partial charge in [0.15, 0.2) is 6.10 Å². The van der Waals surface area contributed by atoms with Gasteiger partial charge < -0.3 is 79.0 Å². The molecule has 0 bridgehead atoms. The van der Waals surface area contributed by atoms with Gasteiger partial charge in [-0.15, -0.1) is 0 Å². The minimum Gasteiger partial charge on any atom is -0.456 e. The fourth-order valence-electron chi connectivity index (χ4n) is 9.90. The molecule has 22 nitrogen and oxygen atoms in total. The normalized spacial score (nSPS) is 15.9. The highest BCUT2D eigenvalue weighted by atomic mass is 32.2. The van der Waals surface area contributed by atoms with E-state index in [4.69, 9.17) is 42.6 Å². The van der Waals surface area contributed by atoms with Crippen LogP contribution >= 0.6 is 11.8 Å². The number of ether oxygens (including phenoxy) is 9. The topological polar surface area (TPSA) is 258 Å². The molecule has 23 heteroatoms. The van der Waals surface area contributed by atoms with Crippen molar-refractivity contribution in [1.82, 2.24) is 31.9 Å². The van der Waals surface area contributed by atoms with Gasteiger partial charge in [0.2, 0.25) is 23.6 Å². The van der Waals surface area contributed by atoms with Crippen LogP contribution in [0.15, 0.2) is 0 Å².